The molecular weight excluding hydrogens is 408 g/mol. The van der Waals surface area contributed by atoms with E-state index in [1.54, 1.807) is 19.2 Å². The number of hydrogen-bond donors (Lipinski definition) is 2. The summed E-state index contributed by atoms with van der Waals surface area (Å²) >= 11 is 1.41. The van der Waals surface area contributed by atoms with E-state index < -0.39 is 0 Å². The van der Waals surface area contributed by atoms with Crippen molar-refractivity contribution in [3.63, 3.8) is 0 Å². The van der Waals surface area contributed by atoms with Crippen LogP contribution in [0.1, 0.15) is 27.0 Å². The van der Waals surface area contributed by atoms with Crippen LogP contribution >= 0.6 is 11.8 Å². The molecule has 5 nitrogen and oxygen atoms in total. The van der Waals surface area contributed by atoms with Crippen LogP contribution in [-0.2, 0) is 11.3 Å². The molecule has 6 heteroatoms. The number of methoxy groups -OCH3 is 1. The van der Waals surface area contributed by atoms with E-state index in [0.29, 0.717) is 22.7 Å². The van der Waals surface area contributed by atoms with Crippen molar-refractivity contribution in [2.75, 3.05) is 12.4 Å². The van der Waals surface area contributed by atoms with E-state index in [2.05, 4.69) is 10.6 Å². The number of benzene rings is 3. The fourth-order valence-electron chi connectivity index (χ4n) is 3.24. The van der Waals surface area contributed by atoms with E-state index in [9.17, 15) is 9.59 Å². The summed E-state index contributed by atoms with van der Waals surface area (Å²) < 4.78 is 5.14. The second-order valence-electron chi connectivity index (χ2n) is 7.22. The van der Waals surface area contributed by atoms with Gasteiger partial charge in [-0.05, 0) is 54.5 Å². The molecule has 0 bridgehead atoms. The maximum absolute atomic E-state index is 12.6. The second kappa shape index (κ2) is 9.10. The Morgan fingerprint density at radius 2 is 1.90 bits per heavy atom. The lowest BCUT2D eigenvalue weighted by atomic mass is 10.1. The van der Waals surface area contributed by atoms with Crippen LogP contribution in [0.2, 0.25) is 0 Å². The first-order valence-electron chi connectivity index (χ1n) is 9.84. The first-order chi connectivity index (χ1) is 15.0. The van der Waals surface area contributed by atoms with Gasteiger partial charge in [0.25, 0.3) is 11.8 Å². The van der Waals surface area contributed by atoms with Crippen molar-refractivity contribution in [1.82, 2.24) is 5.32 Å². The van der Waals surface area contributed by atoms with Crippen LogP contribution in [0.3, 0.4) is 0 Å². The Balaban J connectivity index is 1.46. The third-order valence-corrected chi connectivity index (χ3v) is 5.98. The van der Waals surface area contributed by atoms with E-state index >= 15 is 0 Å². The predicted molar refractivity (Wildman–Crippen MR) is 124 cm³/mol. The van der Waals surface area contributed by atoms with E-state index in [1.165, 1.54) is 11.8 Å². The van der Waals surface area contributed by atoms with Gasteiger partial charge in [0.2, 0.25) is 0 Å². The van der Waals surface area contributed by atoms with Crippen molar-refractivity contribution in [3.05, 3.63) is 93.9 Å². The molecule has 156 valence electrons. The molecule has 2 amide bonds. The summed E-state index contributed by atoms with van der Waals surface area (Å²) in [5.41, 5.74) is 4.24. The summed E-state index contributed by atoms with van der Waals surface area (Å²) in [5, 5.41) is 5.81. The number of carbonyl (C=O) groups is 2. The number of fused-ring (bicyclic) bond motifs is 1. The molecule has 1 heterocycles. The standard InChI is InChI=1S/C25H22N2O3S/c1-16-4-3-5-18(12-16)13-23-25(29)27-21-14-19(8-11-22(21)31-23)24(28)26-15-17-6-9-20(30-2)10-7-17/h3-14H,15H2,1-2H3,(H,26,28)(H,27,29)/b23-13+. The molecule has 2 N–H and O–H groups in total. The molecule has 0 radical (unpaired) electrons. The van der Waals surface area contributed by atoms with Crippen LogP contribution in [0.5, 0.6) is 5.75 Å². The van der Waals surface area contributed by atoms with Crippen molar-refractivity contribution in [2.45, 2.75) is 18.4 Å². The molecule has 3 aromatic carbocycles. The van der Waals surface area contributed by atoms with Crippen LogP contribution in [0.4, 0.5) is 5.69 Å². The Bertz CT molecular complexity index is 1170. The van der Waals surface area contributed by atoms with Crippen molar-refractivity contribution < 1.29 is 14.3 Å². The number of rotatable bonds is 5. The van der Waals surface area contributed by atoms with Crippen molar-refractivity contribution in [2.24, 2.45) is 0 Å². The summed E-state index contributed by atoms with van der Waals surface area (Å²) in [6.07, 6.45) is 1.88. The highest BCUT2D eigenvalue weighted by Crippen LogP contribution is 2.39. The van der Waals surface area contributed by atoms with Gasteiger partial charge in [-0.25, -0.2) is 0 Å². The lowest BCUT2D eigenvalue weighted by Crippen LogP contribution is -2.23. The average Bonchev–Trinajstić information content (AvgIpc) is 2.78. The predicted octanol–water partition coefficient (Wildman–Crippen LogP) is 5.02. The van der Waals surface area contributed by atoms with Gasteiger partial charge in [-0.3, -0.25) is 9.59 Å². The highest BCUT2D eigenvalue weighted by atomic mass is 32.2. The number of aryl methyl sites for hydroxylation is 1. The fraction of sp³-hybridized carbons (Fsp3) is 0.120. The monoisotopic (exact) mass is 430 g/mol. The first kappa shape index (κ1) is 20.8. The summed E-state index contributed by atoms with van der Waals surface area (Å²) in [7, 11) is 1.62. The van der Waals surface area contributed by atoms with Gasteiger partial charge >= 0.3 is 0 Å². The van der Waals surface area contributed by atoms with Crippen molar-refractivity contribution in [3.8, 4) is 5.75 Å². The van der Waals surface area contributed by atoms with Gasteiger partial charge in [-0.15, -0.1) is 0 Å². The van der Waals surface area contributed by atoms with Crippen LogP contribution < -0.4 is 15.4 Å². The molecule has 1 aliphatic heterocycles. The maximum atomic E-state index is 12.6. The summed E-state index contributed by atoms with van der Waals surface area (Å²) in [4.78, 5) is 26.7. The number of hydrogen-bond acceptors (Lipinski definition) is 4. The number of thioether (sulfide) groups is 1. The zero-order chi connectivity index (χ0) is 21.8. The van der Waals surface area contributed by atoms with Gasteiger partial charge in [0.1, 0.15) is 5.75 Å². The molecule has 0 unspecified atom stereocenters. The average molecular weight is 431 g/mol. The van der Waals surface area contributed by atoms with Crippen LogP contribution in [0.25, 0.3) is 6.08 Å². The Morgan fingerprint density at radius 3 is 2.65 bits per heavy atom. The molecule has 0 saturated carbocycles. The zero-order valence-corrected chi connectivity index (χ0v) is 18.1. The summed E-state index contributed by atoms with van der Waals surface area (Å²) in [5.74, 6) is 0.405. The Morgan fingerprint density at radius 1 is 1.10 bits per heavy atom. The van der Waals surface area contributed by atoms with E-state index in [-0.39, 0.29) is 11.8 Å². The molecule has 31 heavy (non-hydrogen) atoms. The molecule has 0 aromatic heterocycles. The minimum atomic E-state index is -0.195. The maximum Gasteiger partial charge on any atom is 0.262 e. The van der Waals surface area contributed by atoms with Crippen molar-refractivity contribution in [1.29, 1.82) is 0 Å². The minimum Gasteiger partial charge on any atom is -0.497 e. The van der Waals surface area contributed by atoms with Crippen LogP contribution in [-0.4, -0.2) is 18.9 Å². The molecule has 0 spiro atoms. The second-order valence-corrected chi connectivity index (χ2v) is 8.30. The number of ether oxygens (including phenoxy) is 1. The Labute approximate surface area is 185 Å². The molecule has 4 rings (SSSR count). The van der Waals surface area contributed by atoms with Gasteiger partial charge in [-0.2, -0.15) is 0 Å². The first-order valence-corrected chi connectivity index (χ1v) is 10.7. The number of amides is 2. The van der Waals surface area contributed by atoms with Gasteiger partial charge < -0.3 is 15.4 Å². The molecule has 0 saturated heterocycles. The zero-order valence-electron chi connectivity index (χ0n) is 17.3. The van der Waals surface area contributed by atoms with E-state index in [4.69, 9.17) is 4.74 Å². The highest BCUT2D eigenvalue weighted by Gasteiger charge is 2.22. The molecular formula is C25H22N2O3S. The molecule has 0 aliphatic carbocycles. The van der Waals surface area contributed by atoms with Gasteiger partial charge in [0.05, 0.1) is 17.7 Å². The number of carbonyl (C=O) groups excluding carboxylic acids is 2. The fourth-order valence-corrected chi connectivity index (χ4v) is 4.17. The quantitative estimate of drug-likeness (QED) is 0.558. The molecule has 1 aliphatic rings. The Hall–Kier alpha value is -3.51. The van der Waals surface area contributed by atoms with Gasteiger partial charge in [-0.1, -0.05) is 53.7 Å². The molecule has 0 fully saturated rings. The van der Waals surface area contributed by atoms with Gasteiger partial charge in [0.15, 0.2) is 0 Å². The van der Waals surface area contributed by atoms with E-state index in [0.717, 1.165) is 27.3 Å². The number of anilines is 1. The SMILES string of the molecule is COc1ccc(CNC(=O)c2ccc3c(c2)NC(=O)/C(=C\c2cccc(C)c2)S3)cc1. The third kappa shape index (κ3) is 4.98. The molecule has 3 aromatic rings. The topological polar surface area (TPSA) is 67.4 Å². The van der Waals surface area contributed by atoms with Gasteiger partial charge in [0, 0.05) is 17.0 Å². The summed E-state index contributed by atoms with van der Waals surface area (Å²) in [6, 6.07) is 20.9. The normalized spacial score (nSPS) is 14.0. The summed E-state index contributed by atoms with van der Waals surface area (Å²) in [6.45, 7) is 2.43. The lowest BCUT2D eigenvalue weighted by Gasteiger charge is -2.19. The lowest BCUT2D eigenvalue weighted by molar-refractivity contribution is -0.112. The largest absolute Gasteiger partial charge is 0.497 e. The van der Waals surface area contributed by atoms with Crippen LogP contribution in [0, 0.1) is 6.92 Å². The minimum absolute atomic E-state index is 0.171. The Kier molecular flexibility index (Phi) is 6.09. The van der Waals surface area contributed by atoms with Crippen LogP contribution in [0.15, 0.2) is 76.5 Å². The molecule has 0 atom stereocenters. The highest BCUT2D eigenvalue weighted by molar-refractivity contribution is 8.04. The van der Waals surface area contributed by atoms with E-state index in [1.807, 2.05) is 67.6 Å². The third-order valence-electron chi connectivity index (χ3n) is 4.89. The number of nitrogens with one attached hydrogen (secondary N) is 2. The smallest absolute Gasteiger partial charge is 0.262 e. The van der Waals surface area contributed by atoms with Crippen molar-refractivity contribution >= 4 is 35.3 Å².